The Hall–Kier alpha value is -2.68. The second-order valence-electron chi connectivity index (χ2n) is 7.37. The molecule has 0 spiro atoms. The van der Waals surface area contributed by atoms with Gasteiger partial charge in [-0.25, -0.2) is 8.42 Å². The molecule has 8 heteroatoms. The smallest absolute Gasteiger partial charge is 0.264 e. The first-order chi connectivity index (χ1) is 15.3. The Morgan fingerprint density at radius 2 is 1.69 bits per heavy atom. The van der Waals surface area contributed by atoms with Crippen LogP contribution in [0.15, 0.2) is 88.2 Å². The molecule has 1 amide bonds. The summed E-state index contributed by atoms with van der Waals surface area (Å²) < 4.78 is 29.0. The minimum atomic E-state index is -3.70. The summed E-state index contributed by atoms with van der Waals surface area (Å²) in [5.41, 5.74) is 1.56. The largest absolute Gasteiger partial charge is 0.345 e. The number of amides is 1. The zero-order valence-electron chi connectivity index (χ0n) is 17.4. The van der Waals surface area contributed by atoms with E-state index in [9.17, 15) is 13.2 Å². The lowest BCUT2D eigenvalue weighted by molar-refractivity contribution is 0.0944. The van der Waals surface area contributed by atoms with Crippen molar-refractivity contribution in [1.29, 1.82) is 0 Å². The van der Waals surface area contributed by atoms with Gasteiger partial charge >= 0.3 is 0 Å². The maximum Gasteiger partial charge on any atom is 0.264 e. The summed E-state index contributed by atoms with van der Waals surface area (Å²) in [6.45, 7) is 1.95. The zero-order chi connectivity index (χ0) is 22.9. The first-order valence-corrected chi connectivity index (χ1v) is 12.9. The highest BCUT2D eigenvalue weighted by atomic mass is 79.9. The normalized spacial score (nSPS) is 12.5. The van der Waals surface area contributed by atoms with Crippen molar-refractivity contribution in [3.63, 3.8) is 0 Å². The van der Waals surface area contributed by atoms with E-state index < -0.39 is 10.0 Å². The predicted octanol–water partition coefficient (Wildman–Crippen LogP) is 5.98. The number of benzene rings is 3. The van der Waals surface area contributed by atoms with Crippen LogP contribution in [0.2, 0.25) is 0 Å². The van der Waals surface area contributed by atoms with Gasteiger partial charge < -0.3 is 5.32 Å². The van der Waals surface area contributed by atoms with Crippen molar-refractivity contribution in [2.45, 2.75) is 17.9 Å². The first-order valence-electron chi connectivity index (χ1n) is 9.89. The average Bonchev–Trinajstić information content (AvgIpc) is 3.23. The van der Waals surface area contributed by atoms with Crippen molar-refractivity contribution in [1.82, 2.24) is 5.32 Å². The number of carbonyl (C=O) groups is 1. The summed E-state index contributed by atoms with van der Waals surface area (Å²) in [5.74, 6) is -0.153. The minimum Gasteiger partial charge on any atom is -0.345 e. The van der Waals surface area contributed by atoms with Gasteiger partial charge in [-0.15, -0.1) is 11.3 Å². The van der Waals surface area contributed by atoms with E-state index in [2.05, 4.69) is 21.2 Å². The first kappa shape index (κ1) is 22.5. The van der Waals surface area contributed by atoms with Gasteiger partial charge in [0.1, 0.15) is 0 Å². The van der Waals surface area contributed by atoms with Gasteiger partial charge in [-0.05, 0) is 66.4 Å². The maximum atomic E-state index is 13.0. The lowest BCUT2D eigenvalue weighted by Gasteiger charge is -2.19. The zero-order valence-corrected chi connectivity index (χ0v) is 20.7. The second kappa shape index (κ2) is 9.05. The molecule has 32 heavy (non-hydrogen) atoms. The molecule has 4 aromatic rings. The lowest BCUT2D eigenvalue weighted by atomic mass is 10.1. The van der Waals surface area contributed by atoms with Crippen molar-refractivity contribution in [2.75, 3.05) is 11.4 Å². The molecule has 0 aliphatic rings. The Labute approximate surface area is 199 Å². The van der Waals surface area contributed by atoms with Gasteiger partial charge in [-0.3, -0.25) is 9.10 Å². The van der Waals surface area contributed by atoms with Crippen LogP contribution in [0.3, 0.4) is 0 Å². The number of halogens is 1. The van der Waals surface area contributed by atoms with Crippen LogP contribution < -0.4 is 9.62 Å². The highest BCUT2D eigenvalue weighted by Gasteiger charge is 2.22. The number of carbonyl (C=O) groups excluding carboxylic acids is 1. The lowest BCUT2D eigenvalue weighted by Crippen LogP contribution is -2.26. The van der Waals surface area contributed by atoms with E-state index >= 15 is 0 Å². The molecule has 0 aliphatic carbocycles. The standard InChI is InChI=1S/C24H21BrN2O3S2/c1-16(17-6-4-3-5-7-17)26-24(28)23-15-18-14-20(10-13-22(18)31-23)27(2)32(29,30)21-11-8-19(25)9-12-21/h3-16H,1-2H3,(H,26,28)/t16-/m0/s1. The topological polar surface area (TPSA) is 66.5 Å². The molecule has 4 rings (SSSR count). The molecule has 0 fully saturated rings. The van der Waals surface area contributed by atoms with E-state index in [1.54, 1.807) is 42.5 Å². The molecule has 1 N–H and O–H groups in total. The summed E-state index contributed by atoms with van der Waals surface area (Å²) in [4.78, 5) is 13.6. The van der Waals surface area contributed by atoms with Crippen molar-refractivity contribution in [3.05, 3.63) is 93.8 Å². The van der Waals surface area contributed by atoms with E-state index in [1.807, 2.05) is 43.3 Å². The molecule has 1 atom stereocenters. The summed E-state index contributed by atoms with van der Waals surface area (Å²) in [6.07, 6.45) is 0. The molecule has 1 heterocycles. The van der Waals surface area contributed by atoms with Gasteiger partial charge in [0.25, 0.3) is 15.9 Å². The number of nitrogens with one attached hydrogen (secondary N) is 1. The van der Waals surface area contributed by atoms with Crippen LogP contribution in [-0.4, -0.2) is 21.4 Å². The predicted molar refractivity (Wildman–Crippen MR) is 134 cm³/mol. The highest BCUT2D eigenvalue weighted by molar-refractivity contribution is 9.10. The molecule has 1 aromatic heterocycles. The summed E-state index contributed by atoms with van der Waals surface area (Å²) in [6, 6.07) is 23.4. The Morgan fingerprint density at radius 1 is 1.00 bits per heavy atom. The van der Waals surface area contributed by atoms with Crippen LogP contribution in [-0.2, 0) is 10.0 Å². The number of hydrogen-bond acceptors (Lipinski definition) is 4. The summed E-state index contributed by atoms with van der Waals surface area (Å²) in [5, 5.41) is 3.84. The summed E-state index contributed by atoms with van der Waals surface area (Å²) in [7, 11) is -2.17. The third-order valence-corrected chi connectivity index (χ3v) is 8.65. The van der Waals surface area contributed by atoms with Gasteiger partial charge in [-0.1, -0.05) is 46.3 Å². The minimum absolute atomic E-state index is 0.119. The van der Waals surface area contributed by atoms with Gasteiger partial charge in [-0.2, -0.15) is 0 Å². The van der Waals surface area contributed by atoms with E-state index in [0.717, 1.165) is 20.1 Å². The number of anilines is 1. The van der Waals surface area contributed by atoms with E-state index in [-0.39, 0.29) is 16.8 Å². The monoisotopic (exact) mass is 528 g/mol. The number of rotatable bonds is 6. The fourth-order valence-electron chi connectivity index (χ4n) is 3.33. The van der Waals surface area contributed by atoms with Gasteiger partial charge in [0.2, 0.25) is 0 Å². The Morgan fingerprint density at radius 3 is 2.38 bits per heavy atom. The molecule has 3 aromatic carbocycles. The third kappa shape index (κ3) is 4.57. The van der Waals surface area contributed by atoms with Crippen LogP contribution in [0.4, 0.5) is 5.69 Å². The Bertz CT molecular complexity index is 1370. The third-order valence-electron chi connectivity index (χ3n) is 5.21. The fraction of sp³-hybridized carbons (Fsp3) is 0.125. The van der Waals surface area contributed by atoms with Crippen LogP contribution in [0.25, 0.3) is 10.1 Å². The van der Waals surface area contributed by atoms with Crippen LogP contribution in [0.1, 0.15) is 28.2 Å². The fourth-order valence-corrected chi connectivity index (χ4v) is 5.73. The Balaban J connectivity index is 1.57. The molecule has 0 bridgehead atoms. The molecular formula is C24H21BrN2O3S2. The highest BCUT2D eigenvalue weighted by Crippen LogP contribution is 2.31. The molecule has 0 unspecified atom stereocenters. The summed E-state index contributed by atoms with van der Waals surface area (Å²) >= 11 is 4.71. The van der Waals surface area contributed by atoms with Crippen LogP contribution >= 0.6 is 27.3 Å². The van der Waals surface area contributed by atoms with Crippen LogP contribution in [0, 0.1) is 0 Å². The second-order valence-corrected chi connectivity index (χ2v) is 11.3. The quantitative estimate of drug-likeness (QED) is 0.334. The molecular weight excluding hydrogens is 508 g/mol. The van der Waals surface area contributed by atoms with Gasteiger partial charge in [0.15, 0.2) is 0 Å². The molecule has 0 radical (unpaired) electrons. The van der Waals surface area contributed by atoms with E-state index in [0.29, 0.717) is 10.6 Å². The van der Waals surface area contributed by atoms with E-state index in [1.165, 1.54) is 22.7 Å². The van der Waals surface area contributed by atoms with Crippen molar-refractivity contribution >= 4 is 59.0 Å². The molecule has 0 saturated carbocycles. The van der Waals surface area contributed by atoms with E-state index in [4.69, 9.17) is 0 Å². The number of fused-ring (bicyclic) bond motifs is 1. The molecule has 0 saturated heterocycles. The Kier molecular flexibility index (Phi) is 6.37. The van der Waals surface area contributed by atoms with Gasteiger partial charge in [0.05, 0.1) is 21.5 Å². The number of sulfonamides is 1. The number of thiophene rings is 1. The number of nitrogens with zero attached hydrogens (tertiary/aromatic N) is 1. The maximum absolute atomic E-state index is 13.0. The average molecular weight is 529 g/mol. The van der Waals surface area contributed by atoms with Gasteiger partial charge in [0, 0.05) is 16.2 Å². The number of hydrogen-bond donors (Lipinski definition) is 1. The van der Waals surface area contributed by atoms with Crippen molar-refractivity contribution in [3.8, 4) is 0 Å². The van der Waals surface area contributed by atoms with Crippen molar-refractivity contribution in [2.24, 2.45) is 0 Å². The molecule has 0 aliphatic heterocycles. The molecule has 164 valence electrons. The SMILES string of the molecule is C[C@H](NC(=O)c1cc2cc(N(C)S(=O)(=O)c3ccc(Br)cc3)ccc2s1)c1ccccc1. The van der Waals surface area contributed by atoms with Crippen LogP contribution in [0.5, 0.6) is 0 Å². The van der Waals surface area contributed by atoms with Crippen molar-refractivity contribution < 1.29 is 13.2 Å². The molecule has 5 nitrogen and oxygen atoms in total.